The van der Waals surface area contributed by atoms with Gasteiger partial charge in [-0.2, -0.15) is 0 Å². The fourth-order valence-corrected chi connectivity index (χ4v) is 4.79. The van der Waals surface area contributed by atoms with Gasteiger partial charge >= 0.3 is 0 Å². The molecule has 0 saturated carbocycles. The molecular weight excluding hydrogens is 362 g/mol. The van der Waals surface area contributed by atoms with Crippen molar-refractivity contribution < 1.29 is 8.42 Å². The minimum Gasteiger partial charge on any atom is -0.355 e. The number of anilines is 1. The Balaban J connectivity index is 1.57. The Labute approximate surface area is 161 Å². The normalized spacial score (nSPS) is 14.3. The van der Waals surface area contributed by atoms with Crippen molar-refractivity contribution in [1.82, 2.24) is 14.8 Å². The number of fused-ring (bicyclic) bond motifs is 1. The lowest BCUT2D eigenvalue weighted by atomic mass is 10.2. The van der Waals surface area contributed by atoms with E-state index in [1.54, 1.807) is 7.05 Å². The Morgan fingerprint density at radius 1 is 1.26 bits per heavy atom. The molecule has 1 aromatic carbocycles. The molecule has 3 rings (SSSR count). The maximum Gasteiger partial charge on any atom is 0.236 e. The van der Waals surface area contributed by atoms with Crippen molar-refractivity contribution in [2.24, 2.45) is 12.0 Å². The zero-order valence-corrected chi connectivity index (χ0v) is 16.9. The molecular formula is C19H27N5O2S. The molecule has 0 atom stereocenters. The van der Waals surface area contributed by atoms with Crippen molar-refractivity contribution >= 4 is 21.7 Å². The number of sulfonamides is 1. The third-order valence-corrected chi connectivity index (χ3v) is 6.62. The summed E-state index contributed by atoms with van der Waals surface area (Å²) in [6, 6.07) is 11.7. The molecule has 7 nitrogen and oxygen atoms in total. The van der Waals surface area contributed by atoms with Crippen molar-refractivity contribution in [3.05, 3.63) is 53.9 Å². The first-order valence-corrected chi connectivity index (χ1v) is 10.6. The van der Waals surface area contributed by atoms with Gasteiger partial charge in [0.25, 0.3) is 0 Å². The second-order valence-corrected chi connectivity index (χ2v) is 8.72. The molecule has 0 aliphatic carbocycles. The summed E-state index contributed by atoms with van der Waals surface area (Å²) in [5, 5.41) is 3.17. The smallest absolute Gasteiger partial charge is 0.236 e. The standard InChI is InChI=1S/C19H27N5O2S/c1-20-19(23(3)15-17-8-6-12-22(17)2)21-11-14-27(25,26)24-13-10-16-7-4-5-9-18(16)24/h4-9,12H,10-11,13-15H2,1-3H3,(H,20,21). The van der Waals surface area contributed by atoms with E-state index in [9.17, 15) is 8.42 Å². The molecule has 0 amide bonds. The van der Waals surface area contributed by atoms with Gasteiger partial charge in [-0.25, -0.2) is 8.42 Å². The van der Waals surface area contributed by atoms with Crippen LogP contribution in [0.15, 0.2) is 47.6 Å². The Bertz CT molecular complexity index is 920. The molecule has 27 heavy (non-hydrogen) atoms. The Kier molecular flexibility index (Phi) is 5.74. The number of nitrogens with one attached hydrogen (secondary N) is 1. The van der Waals surface area contributed by atoms with Gasteiger partial charge < -0.3 is 14.8 Å². The van der Waals surface area contributed by atoms with E-state index in [1.807, 2.05) is 55.5 Å². The molecule has 0 saturated heterocycles. The second-order valence-electron chi connectivity index (χ2n) is 6.71. The summed E-state index contributed by atoms with van der Waals surface area (Å²) < 4.78 is 29.1. The minimum absolute atomic E-state index is 0.0261. The van der Waals surface area contributed by atoms with E-state index in [1.165, 1.54) is 4.31 Å². The van der Waals surface area contributed by atoms with Crippen LogP contribution in [-0.2, 0) is 30.0 Å². The molecule has 1 N–H and O–H groups in total. The summed E-state index contributed by atoms with van der Waals surface area (Å²) in [5.74, 6) is 0.700. The number of guanidine groups is 1. The monoisotopic (exact) mass is 389 g/mol. The van der Waals surface area contributed by atoms with Gasteiger partial charge in [-0.15, -0.1) is 0 Å². The minimum atomic E-state index is -3.37. The van der Waals surface area contributed by atoms with Crippen LogP contribution in [0.25, 0.3) is 0 Å². The van der Waals surface area contributed by atoms with Crippen LogP contribution < -0.4 is 9.62 Å². The zero-order chi connectivity index (χ0) is 19.4. The van der Waals surface area contributed by atoms with Crippen LogP contribution in [0.4, 0.5) is 5.69 Å². The molecule has 0 radical (unpaired) electrons. The third kappa shape index (κ3) is 4.27. The first kappa shape index (κ1) is 19.3. The van der Waals surface area contributed by atoms with E-state index in [2.05, 4.69) is 20.9 Å². The van der Waals surface area contributed by atoms with Gasteiger partial charge in [-0.05, 0) is 30.2 Å². The first-order valence-electron chi connectivity index (χ1n) is 9.02. The number of benzene rings is 1. The largest absolute Gasteiger partial charge is 0.355 e. The lowest BCUT2D eigenvalue weighted by Crippen LogP contribution is -2.42. The third-order valence-electron chi connectivity index (χ3n) is 4.85. The van der Waals surface area contributed by atoms with Crippen LogP contribution >= 0.6 is 0 Å². The van der Waals surface area contributed by atoms with E-state index in [0.717, 1.165) is 23.4 Å². The predicted molar refractivity (Wildman–Crippen MR) is 110 cm³/mol. The molecule has 2 heterocycles. The topological polar surface area (TPSA) is 69.9 Å². The molecule has 146 valence electrons. The van der Waals surface area contributed by atoms with Gasteiger partial charge in [-0.3, -0.25) is 9.30 Å². The van der Waals surface area contributed by atoms with Crippen LogP contribution in [0.5, 0.6) is 0 Å². The molecule has 0 bridgehead atoms. The summed E-state index contributed by atoms with van der Waals surface area (Å²) >= 11 is 0. The average Bonchev–Trinajstić information content (AvgIpc) is 3.25. The maximum atomic E-state index is 12.8. The van der Waals surface area contributed by atoms with Crippen LogP contribution in [0, 0.1) is 0 Å². The molecule has 1 aliphatic rings. The highest BCUT2D eigenvalue weighted by Gasteiger charge is 2.28. The van der Waals surface area contributed by atoms with Crippen LogP contribution in [-0.4, -0.2) is 56.8 Å². The Morgan fingerprint density at radius 3 is 2.74 bits per heavy atom. The lowest BCUT2D eigenvalue weighted by molar-refractivity contribution is 0.463. The highest BCUT2D eigenvalue weighted by molar-refractivity contribution is 7.92. The van der Waals surface area contributed by atoms with Crippen LogP contribution in [0.1, 0.15) is 11.3 Å². The number of para-hydroxylation sites is 1. The highest BCUT2D eigenvalue weighted by atomic mass is 32.2. The zero-order valence-electron chi connectivity index (χ0n) is 16.1. The summed E-state index contributed by atoms with van der Waals surface area (Å²) in [7, 11) is 2.27. The quantitative estimate of drug-likeness (QED) is 0.599. The number of aryl methyl sites for hydroxylation is 1. The van der Waals surface area contributed by atoms with Crippen molar-refractivity contribution in [3.63, 3.8) is 0 Å². The molecule has 0 spiro atoms. The summed E-state index contributed by atoms with van der Waals surface area (Å²) in [4.78, 5) is 6.24. The second kappa shape index (κ2) is 8.04. The van der Waals surface area contributed by atoms with E-state index in [4.69, 9.17) is 0 Å². The maximum absolute atomic E-state index is 12.8. The van der Waals surface area contributed by atoms with Gasteiger partial charge in [0.1, 0.15) is 0 Å². The Hall–Kier alpha value is -2.48. The average molecular weight is 390 g/mol. The molecule has 1 aromatic heterocycles. The summed E-state index contributed by atoms with van der Waals surface area (Å²) in [5.41, 5.74) is 3.05. The number of aromatic nitrogens is 1. The van der Waals surface area contributed by atoms with E-state index in [0.29, 0.717) is 25.6 Å². The van der Waals surface area contributed by atoms with Crippen molar-refractivity contribution in [2.75, 3.05) is 37.2 Å². The fraction of sp³-hybridized carbons (Fsp3) is 0.421. The number of hydrogen-bond donors (Lipinski definition) is 1. The van der Waals surface area contributed by atoms with Gasteiger partial charge in [0.05, 0.1) is 18.0 Å². The number of aliphatic imine (C=N–C) groups is 1. The first-order chi connectivity index (χ1) is 12.9. The number of rotatable bonds is 6. The SMILES string of the molecule is CN=C(NCCS(=O)(=O)N1CCc2ccccc21)N(C)Cc1cccn1C. The van der Waals surface area contributed by atoms with Crippen molar-refractivity contribution in [3.8, 4) is 0 Å². The lowest BCUT2D eigenvalue weighted by Gasteiger charge is -2.23. The van der Waals surface area contributed by atoms with Gasteiger partial charge in [-0.1, -0.05) is 18.2 Å². The van der Waals surface area contributed by atoms with Crippen molar-refractivity contribution in [1.29, 1.82) is 0 Å². The van der Waals surface area contributed by atoms with Crippen LogP contribution in [0.2, 0.25) is 0 Å². The molecule has 0 unspecified atom stereocenters. The van der Waals surface area contributed by atoms with Crippen LogP contribution in [0.3, 0.4) is 0 Å². The fourth-order valence-electron chi connectivity index (χ4n) is 3.36. The number of nitrogens with zero attached hydrogens (tertiary/aromatic N) is 4. The van der Waals surface area contributed by atoms with Gasteiger partial charge in [0, 0.05) is 46.1 Å². The molecule has 2 aromatic rings. The van der Waals surface area contributed by atoms with Gasteiger partial charge in [0.15, 0.2) is 5.96 Å². The molecule has 1 aliphatic heterocycles. The van der Waals surface area contributed by atoms with Crippen molar-refractivity contribution in [2.45, 2.75) is 13.0 Å². The highest BCUT2D eigenvalue weighted by Crippen LogP contribution is 2.29. The molecule has 0 fully saturated rings. The van der Waals surface area contributed by atoms with E-state index in [-0.39, 0.29) is 5.75 Å². The van der Waals surface area contributed by atoms with E-state index < -0.39 is 10.0 Å². The predicted octanol–water partition coefficient (Wildman–Crippen LogP) is 1.42. The number of hydrogen-bond acceptors (Lipinski definition) is 3. The molecule has 8 heteroatoms. The van der Waals surface area contributed by atoms with E-state index >= 15 is 0 Å². The summed E-state index contributed by atoms with van der Waals surface area (Å²) in [6.45, 7) is 1.52. The summed E-state index contributed by atoms with van der Waals surface area (Å²) in [6.07, 6.45) is 2.77. The van der Waals surface area contributed by atoms with Gasteiger partial charge in [0.2, 0.25) is 10.0 Å². The Morgan fingerprint density at radius 2 is 2.04 bits per heavy atom.